The van der Waals surface area contributed by atoms with Crippen molar-refractivity contribution in [3.63, 3.8) is 0 Å². The van der Waals surface area contributed by atoms with Gasteiger partial charge in [0.25, 0.3) is 5.91 Å². The first-order valence-corrected chi connectivity index (χ1v) is 9.40. The highest BCUT2D eigenvalue weighted by atomic mass is 19.4. The Morgan fingerprint density at radius 1 is 0.844 bits per heavy atom. The number of anilines is 2. The smallest absolute Gasteiger partial charge is 0.416 e. The molecule has 0 aliphatic carbocycles. The Balaban J connectivity index is 1.70. The molecular weight excluding hydrogens is 425 g/mol. The number of benzene rings is 3. The lowest BCUT2D eigenvalue weighted by Gasteiger charge is -2.11. The van der Waals surface area contributed by atoms with E-state index < -0.39 is 17.6 Å². The second-order valence-electron chi connectivity index (χ2n) is 6.67. The number of carbonyl (C=O) groups is 2. The third-order valence-electron chi connectivity index (χ3n) is 4.17. The molecule has 6 nitrogen and oxygen atoms in total. The molecule has 0 heterocycles. The number of hydrogen-bond donors (Lipinski definition) is 2. The number of hydrogen-bond acceptors (Lipinski definition) is 4. The number of amides is 2. The van der Waals surface area contributed by atoms with Crippen LogP contribution in [0.25, 0.3) is 0 Å². The Morgan fingerprint density at radius 3 is 2.16 bits per heavy atom. The summed E-state index contributed by atoms with van der Waals surface area (Å²) >= 11 is 0. The highest BCUT2D eigenvalue weighted by Crippen LogP contribution is 2.32. The molecule has 32 heavy (non-hydrogen) atoms. The molecule has 3 aromatic rings. The third kappa shape index (κ3) is 6.32. The van der Waals surface area contributed by atoms with Crippen molar-refractivity contribution < 1.29 is 32.2 Å². The normalized spacial score (nSPS) is 11.0. The van der Waals surface area contributed by atoms with Crippen LogP contribution >= 0.6 is 0 Å². The van der Waals surface area contributed by atoms with Crippen LogP contribution < -0.4 is 15.4 Å². The van der Waals surface area contributed by atoms with Gasteiger partial charge in [0.2, 0.25) is 5.91 Å². The van der Waals surface area contributed by atoms with E-state index in [4.69, 9.17) is 9.47 Å². The molecule has 0 bridgehead atoms. The monoisotopic (exact) mass is 444 g/mol. The van der Waals surface area contributed by atoms with Crippen LogP contribution in [0, 0.1) is 0 Å². The number of halogens is 3. The molecule has 0 saturated carbocycles. The molecular formula is C23H19F3N2O4. The van der Waals surface area contributed by atoms with Gasteiger partial charge in [-0.05, 0) is 54.6 Å². The molecule has 0 spiro atoms. The minimum Gasteiger partial charge on any atom is -0.457 e. The highest BCUT2D eigenvalue weighted by molar-refractivity contribution is 6.05. The minimum atomic E-state index is -4.49. The van der Waals surface area contributed by atoms with Crippen LogP contribution in [-0.4, -0.2) is 25.5 Å². The summed E-state index contributed by atoms with van der Waals surface area (Å²) in [4.78, 5) is 24.2. The number of alkyl halides is 3. The first kappa shape index (κ1) is 22.8. The van der Waals surface area contributed by atoms with Crippen molar-refractivity contribution in [2.75, 3.05) is 24.4 Å². The summed E-state index contributed by atoms with van der Waals surface area (Å²) in [6, 6.07) is 17.1. The van der Waals surface area contributed by atoms with Crippen molar-refractivity contribution in [3.05, 3.63) is 83.9 Å². The van der Waals surface area contributed by atoms with Crippen LogP contribution in [0.15, 0.2) is 72.8 Å². The van der Waals surface area contributed by atoms with E-state index in [0.717, 1.165) is 12.1 Å². The van der Waals surface area contributed by atoms with E-state index in [9.17, 15) is 22.8 Å². The Labute approximate surface area is 182 Å². The molecule has 0 radical (unpaired) electrons. The van der Waals surface area contributed by atoms with Crippen LogP contribution in [-0.2, 0) is 15.7 Å². The van der Waals surface area contributed by atoms with Crippen LogP contribution in [0.2, 0.25) is 0 Å². The Morgan fingerprint density at radius 2 is 1.47 bits per heavy atom. The first-order valence-electron chi connectivity index (χ1n) is 9.40. The summed E-state index contributed by atoms with van der Waals surface area (Å²) < 4.78 is 48.9. The van der Waals surface area contributed by atoms with Gasteiger partial charge in [-0.25, -0.2) is 0 Å². The van der Waals surface area contributed by atoms with E-state index in [1.54, 1.807) is 36.4 Å². The third-order valence-corrected chi connectivity index (χ3v) is 4.17. The fraction of sp³-hybridized carbons (Fsp3) is 0.130. The molecule has 9 heteroatoms. The number of ether oxygens (including phenoxy) is 2. The zero-order valence-electron chi connectivity index (χ0n) is 16.9. The summed E-state index contributed by atoms with van der Waals surface area (Å²) in [5.74, 6) is -0.593. The van der Waals surface area contributed by atoms with Gasteiger partial charge in [-0.2, -0.15) is 13.2 Å². The predicted molar refractivity (Wildman–Crippen MR) is 113 cm³/mol. The molecule has 3 rings (SSSR count). The average Bonchev–Trinajstić information content (AvgIpc) is 2.74. The highest BCUT2D eigenvalue weighted by Gasteiger charge is 2.30. The molecule has 166 valence electrons. The van der Waals surface area contributed by atoms with E-state index >= 15 is 0 Å². The molecule has 0 aliphatic rings. The molecule has 3 aromatic carbocycles. The zero-order valence-corrected chi connectivity index (χ0v) is 16.9. The van der Waals surface area contributed by atoms with Crippen molar-refractivity contribution in [1.29, 1.82) is 0 Å². The van der Waals surface area contributed by atoms with Crippen LogP contribution in [0.1, 0.15) is 15.9 Å². The maximum absolute atomic E-state index is 12.9. The van der Waals surface area contributed by atoms with Gasteiger partial charge in [0.1, 0.15) is 18.1 Å². The second-order valence-corrected chi connectivity index (χ2v) is 6.67. The number of nitrogens with one attached hydrogen (secondary N) is 2. The largest absolute Gasteiger partial charge is 0.457 e. The lowest BCUT2D eigenvalue weighted by Crippen LogP contribution is -2.17. The number of methoxy groups -OCH3 is 1. The Hall–Kier alpha value is -3.85. The van der Waals surface area contributed by atoms with Crippen molar-refractivity contribution in [2.24, 2.45) is 0 Å². The Bertz CT molecular complexity index is 1120. The topological polar surface area (TPSA) is 76.7 Å². The summed E-state index contributed by atoms with van der Waals surface area (Å²) in [6.07, 6.45) is -4.49. The summed E-state index contributed by atoms with van der Waals surface area (Å²) in [5, 5.41) is 5.33. The van der Waals surface area contributed by atoms with Crippen molar-refractivity contribution in [2.45, 2.75) is 6.18 Å². The first-order chi connectivity index (χ1) is 15.2. The number of carbonyl (C=O) groups excluding carboxylic acids is 2. The molecule has 0 atom stereocenters. The van der Waals surface area contributed by atoms with E-state index in [0.29, 0.717) is 11.4 Å². The molecule has 0 saturated heterocycles. The van der Waals surface area contributed by atoms with Crippen molar-refractivity contribution >= 4 is 23.2 Å². The molecule has 0 unspecified atom stereocenters. The summed E-state index contributed by atoms with van der Waals surface area (Å²) in [6.45, 7) is -0.102. The number of rotatable bonds is 7. The van der Waals surface area contributed by atoms with Gasteiger partial charge in [-0.15, -0.1) is 0 Å². The molecule has 0 aliphatic heterocycles. The maximum atomic E-state index is 12.9. The average molecular weight is 444 g/mol. The van der Waals surface area contributed by atoms with Crippen molar-refractivity contribution in [1.82, 2.24) is 0 Å². The molecule has 0 fully saturated rings. The fourth-order valence-electron chi connectivity index (χ4n) is 2.78. The molecule has 0 aromatic heterocycles. The van der Waals surface area contributed by atoms with Gasteiger partial charge in [0.15, 0.2) is 0 Å². The molecule has 2 amide bonds. The lowest BCUT2D eigenvalue weighted by atomic mass is 10.2. The van der Waals surface area contributed by atoms with Crippen LogP contribution in [0.5, 0.6) is 11.5 Å². The molecule has 2 N–H and O–H groups in total. The van der Waals surface area contributed by atoms with E-state index in [2.05, 4.69) is 10.6 Å². The summed E-state index contributed by atoms with van der Waals surface area (Å²) in [5.41, 5.74) is 0.325. The SMILES string of the molecule is COCC(=O)Nc1cccc(NC(=O)c2cccc(Oc3cccc(C(F)(F)F)c3)c2)c1. The lowest BCUT2D eigenvalue weighted by molar-refractivity contribution is -0.137. The van der Waals surface area contributed by atoms with Crippen molar-refractivity contribution in [3.8, 4) is 11.5 Å². The predicted octanol–water partition coefficient (Wildman–Crippen LogP) is 5.33. The standard InChI is InChI=1S/C23H19F3N2O4/c1-31-14-21(29)27-17-7-4-8-18(13-17)28-22(30)15-5-2-9-19(11-15)32-20-10-3-6-16(12-20)23(24,25)26/h2-13H,14H2,1H3,(H,27,29)(H,28,30). The summed E-state index contributed by atoms with van der Waals surface area (Å²) in [7, 11) is 1.40. The van der Waals surface area contributed by atoms with Crippen LogP contribution in [0.4, 0.5) is 24.5 Å². The van der Waals surface area contributed by atoms with Gasteiger partial charge < -0.3 is 20.1 Å². The second kappa shape index (κ2) is 9.97. The fourth-order valence-corrected chi connectivity index (χ4v) is 2.78. The quantitative estimate of drug-likeness (QED) is 0.516. The van der Waals surface area contributed by atoms with Gasteiger partial charge in [-0.1, -0.05) is 18.2 Å². The van der Waals surface area contributed by atoms with E-state index in [-0.39, 0.29) is 29.6 Å². The minimum absolute atomic E-state index is 0.00288. The van der Waals surface area contributed by atoms with Gasteiger partial charge in [-0.3, -0.25) is 9.59 Å². The van der Waals surface area contributed by atoms with Gasteiger partial charge in [0, 0.05) is 24.0 Å². The van der Waals surface area contributed by atoms with Crippen LogP contribution in [0.3, 0.4) is 0 Å². The maximum Gasteiger partial charge on any atom is 0.416 e. The zero-order chi connectivity index (χ0) is 23.1. The van der Waals surface area contributed by atoms with E-state index in [1.165, 1.54) is 31.4 Å². The van der Waals surface area contributed by atoms with Gasteiger partial charge >= 0.3 is 6.18 Å². The van der Waals surface area contributed by atoms with Gasteiger partial charge in [0.05, 0.1) is 5.56 Å². The Kier molecular flexibility index (Phi) is 7.11. The van der Waals surface area contributed by atoms with E-state index in [1.807, 2.05) is 0 Å².